The summed E-state index contributed by atoms with van der Waals surface area (Å²) < 4.78 is 4.92. The third-order valence-corrected chi connectivity index (χ3v) is 2.24. The Balaban J connectivity index is 2.86. The van der Waals surface area contributed by atoms with Crippen LogP contribution in [0.1, 0.15) is 26.3 Å². The highest BCUT2D eigenvalue weighted by molar-refractivity contribution is 6.31. The van der Waals surface area contributed by atoms with Gasteiger partial charge in [-0.2, -0.15) is 5.10 Å². The van der Waals surface area contributed by atoms with Crippen molar-refractivity contribution in [2.24, 2.45) is 5.10 Å². The number of nitrogens with one attached hydrogen (secondary N) is 1. The highest BCUT2D eigenvalue weighted by atomic mass is 35.5. The van der Waals surface area contributed by atoms with Gasteiger partial charge in [-0.25, -0.2) is 10.2 Å². The number of hydrogen-bond donors (Lipinski definition) is 1. The average molecular weight is 315 g/mol. The monoisotopic (exact) mass is 314 g/mol. The van der Waals surface area contributed by atoms with Crippen molar-refractivity contribution in [2.45, 2.75) is 26.4 Å². The van der Waals surface area contributed by atoms with Crippen molar-refractivity contribution in [3.63, 3.8) is 0 Å². The molecule has 0 saturated carbocycles. The molecular formula is C12H13ClN3O5-. The summed E-state index contributed by atoms with van der Waals surface area (Å²) in [5.41, 5.74) is 0.558. The second kappa shape index (κ2) is 6.40. The predicted molar refractivity (Wildman–Crippen MR) is 74.5 cm³/mol. The minimum atomic E-state index is -0.848. The van der Waals surface area contributed by atoms with Gasteiger partial charge in [0.05, 0.1) is 11.1 Å². The topological polar surface area (TPSA) is 117 Å². The summed E-state index contributed by atoms with van der Waals surface area (Å²) in [6.45, 7) is 5.02. The zero-order valence-corrected chi connectivity index (χ0v) is 12.3. The third-order valence-electron chi connectivity index (χ3n) is 2.02. The molecule has 0 fully saturated rings. The van der Waals surface area contributed by atoms with Crippen LogP contribution in [0.5, 0.6) is 5.75 Å². The number of halogens is 1. The van der Waals surface area contributed by atoms with E-state index in [1.807, 2.05) is 5.43 Å². The number of rotatable bonds is 3. The van der Waals surface area contributed by atoms with E-state index in [4.69, 9.17) is 16.3 Å². The fraction of sp³-hybridized carbons (Fsp3) is 0.333. The molecule has 1 N–H and O–H groups in total. The highest BCUT2D eigenvalue weighted by Crippen LogP contribution is 2.29. The van der Waals surface area contributed by atoms with E-state index in [1.165, 1.54) is 6.07 Å². The van der Waals surface area contributed by atoms with Crippen LogP contribution < -0.4 is 10.5 Å². The van der Waals surface area contributed by atoms with Crippen molar-refractivity contribution in [1.82, 2.24) is 5.43 Å². The Morgan fingerprint density at radius 1 is 1.48 bits per heavy atom. The van der Waals surface area contributed by atoms with Crippen molar-refractivity contribution in [3.05, 3.63) is 32.8 Å². The number of hydrazone groups is 1. The zero-order valence-electron chi connectivity index (χ0n) is 11.5. The Morgan fingerprint density at radius 2 is 2.10 bits per heavy atom. The molecule has 0 aliphatic heterocycles. The van der Waals surface area contributed by atoms with Crippen LogP contribution in [0.15, 0.2) is 17.2 Å². The number of carbonyl (C=O) groups excluding carboxylic acids is 1. The second-order valence-electron chi connectivity index (χ2n) is 4.97. The molecular weight excluding hydrogens is 302 g/mol. The van der Waals surface area contributed by atoms with Gasteiger partial charge in [-0.1, -0.05) is 11.6 Å². The molecule has 0 heterocycles. The molecule has 114 valence electrons. The average Bonchev–Trinajstić information content (AvgIpc) is 2.30. The van der Waals surface area contributed by atoms with Crippen molar-refractivity contribution in [3.8, 4) is 5.75 Å². The van der Waals surface area contributed by atoms with E-state index in [9.17, 15) is 20.0 Å². The number of benzene rings is 1. The van der Waals surface area contributed by atoms with Crippen LogP contribution in [0.4, 0.5) is 10.5 Å². The number of ether oxygens (including phenoxy) is 1. The molecule has 8 nitrogen and oxygen atoms in total. The number of nitro groups is 1. The normalized spacial score (nSPS) is 11.4. The van der Waals surface area contributed by atoms with E-state index in [-0.39, 0.29) is 10.6 Å². The van der Waals surface area contributed by atoms with Gasteiger partial charge in [-0.3, -0.25) is 10.1 Å². The standard InChI is InChI=1S/C12H14ClN3O5/c1-12(2,3)21-11(18)15-14-6-7-4-8(13)5-9(10(7)17)16(19)20/h4-6,17H,1-3H3,(H,15,18)/p-1/b14-6+. The molecule has 0 saturated heterocycles. The maximum atomic E-state index is 11.7. The lowest BCUT2D eigenvalue weighted by Gasteiger charge is -2.18. The Labute approximate surface area is 125 Å². The Bertz CT molecular complexity index is 595. The van der Waals surface area contributed by atoms with E-state index >= 15 is 0 Å². The van der Waals surface area contributed by atoms with Crippen LogP contribution in [0, 0.1) is 10.1 Å². The maximum absolute atomic E-state index is 11.7. The molecule has 1 aromatic rings. The molecule has 1 amide bonds. The molecule has 0 unspecified atom stereocenters. The predicted octanol–water partition coefficient (Wildman–Crippen LogP) is 2.18. The quantitative estimate of drug-likeness (QED) is 0.521. The summed E-state index contributed by atoms with van der Waals surface area (Å²) in [4.78, 5) is 21.2. The van der Waals surface area contributed by atoms with Gasteiger partial charge in [-0.05, 0) is 38.2 Å². The Kier molecular flexibility index (Phi) is 5.09. The first kappa shape index (κ1) is 16.7. The van der Waals surface area contributed by atoms with Crippen LogP contribution >= 0.6 is 11.6 Å². The Morgan fingerprint density at radius 3 is 2.62 bits per heavy atom. The van der Waals surface area contributed by atoms with E-state index in [0.717, 1.165) is 12.3 Å². The fourth-order valence-corrected chi connectivity index (χ4v) is 1.51. The Hall–Kier alpha value is -2.35. The highest BCUT2D eigenvalue weighted by Gasteiger charge is 2.15. The van der Waals surface area contributed by atoms with Gasteiger partial charge in [0.2, 0.25) is 0 Å². The van der Waals surface area contributed by atoms with Crippen molar-refractivity contribution < 1.29 is 19.6 Å². The molecule has 0 radical (unpaired) electrons. The third kappa shape index (κ3) is 5.27. The molecule has 9 heteroatoms. The van der Waals surface area contributed by atoms with Gasteiger partial charge in [-0.15, -0.1) is 0 Å². The number of hydrogen-bond acceptors (Lipinski definition) is 6. The van der Waals surface area contributed by atoms with Crippen molar-refractivity contribution >= 4 is 29.6 Å². The van der Waals surface area contributed by atoms with E-state index in [0.29, 0.717) is 0 Å². The summed E-state index contributed by atoms with van der Waals surface area (Å²) >= 11 is 5.68. The molecule has 0 spiro atoms. The number of amides is 1. The lowest BCUT2D eigenvalue weighted by molar-refractivity contribution is -0.398. The summed E-state index contributed by atoms with van der Waals surface area (Å²) in [5.74, 6) is -0.848. The van der Waals surface area contributed by atoms with E-state index < -0.39 is 28.1 Å². The van der Waals surface area contributed by atoms with Gasteiger partial charge >= 0.3 is 6.09 Å². The zero-order chi connectivity index (χ0) is 16.2. The minimum absolute atomic E-state index is 0.0139. The van der Waals surface area contributed by atoms with Crippen LogP contribution in [0.25, 0.3) is 0 Å². The fourth-order valence-electron chi connectivity index (χ4n) is 1.29. The number of carbonyl (C=O) groups is 1. The molecule has 1 aromatic carbocycles. The van der Waals surface area contributed by atoms with Crippen LogP contribution in [0.3, 0.4) is 0 Å². The van der Waals surface area contributed by atoms with Crippen LogP contribution in [-0.2, 0) is 4.74 Å². The summed E-state index contributed by atoms with van der Waals surface area (Å²) in [5, 5.41) is 25.9. The van der Waals surface area contributed by atoms with Crippen molar-refractivity contribution in [1.29, 1.82) is 0 Å². The molecule has 0 aliphatic carbocycles. The number of nitrogens with zero attached hydrogens (tertiary/aromatic N) is 2. The lowest BCUT2D eigenvalue weighted by Crippen LogP contribution is -2.29. The van der Waals surface area contributed by atoms with Gasteiger partial charge in [0.1, 0.15) is 5.60 Å². The summed E-state index contributed by atoms with van der Waals surface area (Å²) in [6, 6.07) is 2.15. The first-order valence-electron chi connectivity index (χ1n) is 5.77. The van der Waals surface area contributed by atoms with Crippen molar-refractivity contribution in [2.75, 3.05) is 0 Å². The lowest BCUT2D eigenvalue weighted by atomic mass is 10.2. The van der Waals surface area contributed by atoms with Gasteiger partial charge in [0, 0.05) is 11.1 Å². The second-order valence-corrected chi connectivity index (χ2v) is 5.41. The molecule has 0 atom stereocenters. The van der Waals surface area contributed by atoms with Gasteiger partial charge in [0.15, 0.2) is 0 Å². The molecule has 0 aliphatic rings. The first-order valence-corrected chi connectivity index (χ1v) is 6.15. The van der Waals surface area contributed by atoms with Gasteiger partial charge < -0.3 is 9.84 Å². The summed E-state index contributed by atoms with van der Waals surface area (Å²) in [7, 11) is 0. The molecule has 0 aromatic heterocycles. The SMILES string of the molecule is CC(C)(C)OC(=O)N/N=C/c1cc(Cl)cc([N+](=O)[O-])c1[O-]. The summed E-state index contributed by atoms with van der Waals surface area (Å²) in [6.07, 6.45) is 0.147. The molecule has 0 bridgehead atoms. The molecule has 21 heavy (non-hydrogen) atoms. The minimum Gasteiger partial charge on any atom is -0.867 e. The van der Waals surface area contributed by atoms with E-state index in [1.54, 1.807) is 20.8 Å². The van der Waals surface area contributed by atoms with E-state index in [2.05, 4.69) is 5.10 Å². The van der Waals surface area contributed by atoms with Gasteiger partial charge in [0.25, 0.3) is 5.69 Å². The van der Waals surface area contributed by atoms with Crippen LogP contribution in [-0.4, -0.2) is 22.8 Å². The smallest absolute Gasteiger partial charge is 0.428 e. The first-order chi connectivity index (χ1) is 9.60. The number of nitro benzene ring substituents is 1. The maximum Gasteiger partial charge on any atom is 0.428 e. The largest absolute Gasteiger partial charge is 0.867 e. The molecule has 1 rings (SSSR count). The van der Waals surface area contributed by atoms with Crippen LogP contribution in [0.2, 0.25) is 5.02 Å².